The van der Waals surface area contributed by atoms with Crippen LogP contribution in [0.3, 0.4) is 0 Å². The molecule has 0 atom stereocenters. The molecule has 128 valence electrons. The van der Waals surface area contributed by atoms with Gasteiger partial charge in [0.15, 0.2) is 5.82 Å². The summed E-state index contributed by atoms with van der Waals surface area (Å²) >= 11 is 6.11. The van der Waals surface area contributed by atoms with Gasteiger partial charge in [0.25, 0.3) is 0 Å². The van der Waals surface area contributed by atoms with Crippen molar-refractivity contribution in [2.75, 3.05) is 5.32 Å². The van der Waals surface area contributed by atoms with Crippen LogP contribution < -0.4 is 5.32 Å². The zero-order valence-electron chi connectivity index (χ0n) is 13.4. The van der Waals surface area contributed by atoms with Crippen LogP contribution in [0.1, 0.15) is 0 Å². The Morgan fingerprint density at radius 2 is 1.62 bits per heavy atom. The molecule has 1 N–H and O–H groups in total. The number of nitrogens with one attached hydrogen (secondary N) is 1. The summed E-state index contributed by atoms with van der Waals surface area (Å²) in [6.07, 6.45) is 0. The third-order valence-electron chi connectivity index (χ3n) is 3.90. The second-order valence-corrected chi connectivity index (χ2v) is 6.05. The molecule has 4 rings (SSSR count). The van der Waals surface area contributed by atoms with E-state index in [9.17, 15) is 8.78 Å². The number of halogens is 3. The molecule has 3 aromatic carbocycles. The Labute approximate surface area is 153 Å². The van der Waals surface area contributed by atoms with Gasteiger partial charge in [-0.3, -0.25) is 0 Å². The molecular formula is C20H12ClF2N3. The summed E-state index contributed by atoms with van der Waals surface area (Å²) in [5.41, 5.74) is 1.45. The van der Waals surface area contributed by atoms with Crippen LogP contribution in [-0.2, 0) is 0 Å². The molecular weight excluding hydrogens is 356 g/mol. The zero-order valence-corrected chi connectivity index (χ0v) is 14.1. The molecule has 0 aliphatic heterocycles. The second-order valence-electron chi connectivity index (χ2n) is 5.64. The number of aromatic nitrogens is 2. The molecule has 3 nitrogen and oxygen atoms in total. The lowest BCUT2D eigenvalue weighted by Gasteiger charge is -2.12. The molecule has 0 saturated heterocycles. The fourth-order valence-corrected chi connectivity index (χ4v) is 2.87. The SMILES string of the molecule is Fc1ccc(Nc2nc(-c3ccccc3F)nc3ccccc23)c(Cl)c1. The van der Waals surface area contributed by atoms with Gasteiger partial charge < -0.3 is 5.32 Å². The number of benzene rings is 3. The summed E-state index contributed by atoms with van der Waals surface area (Å²) in [5, 5.41) is 4.07. The molecule has 0 radical (unpaired) electrons. The molecule has 0 bridgehead atoms. The van der Waals surface area contributed by atoms with E-state index in [1.807, 2.05) is 24.3 Å². The molecule has 0 spiro atoms. The first-order chi connectivity index (χ1) is 12.6. The molecule has 26 heavy (non-hydrogen) atoms. The summed E-state index contributed by atoms with van der Waals surface area (Å²) < 4.78 is 27.5. The highest BCUT2D eigenvalue weighted by Gasteiger charge is 2.13. The fraction of sp³-hybridized carbons (Fsp3) is 0. The standard InChI is InChI=1S/C20H12ClF2N3/c21-15-11-12(22)9-10-18(15)25-20-14-6-2-4-8-17(14)24-19(26-20)13-5-1-3-7-16(13)23/h1-11H,(H,24,25,26). The first-order valence-electron chi connectivity index (χ1n) is 7.85. The zero-order chi connectivity index (χ0) is 18.1. The van der Waals surface area contributed by atoms with Gasteiger partial charge in [0.1, 0.15) is 17.5 Å². The van der Waals surface area contributed by atoms with Gasteiger partial charge in [-0.1, -0.05) is 35.9 Å². The quantitative estimate of drug-likeness (QED) is 0.484. The van der Waals surface area contributed by atoms with Gasteiger partial charge in [-0.15, -0.1) is 0 Å². The summed E-state index contributed by atoms with van der Waals surface area (Å²) in [6, 6.07) is 17.7. The van der Waals surface area contributed by atoms with E-state index in [0.717, 1.165) is 5.39 Å². The summed E-state index contributed by atoms with van der Waals surface area (Å²) in [5.74, 6) is -0.126. The number of para-hydroxylation sites is 1. The van der Waals surface area contributed by atoms with Crippen LogP contribution in [0.2, 0.25) is 5.02 Å². The first kappa shape index (κ1) is 16.4. The van der Waals surface area contributed by atoms with Gasteiger partial charge in [0.05, 0.1) is 21.8 Å². The molecule has 4 aromatic rings. The number of nitrogens with zero attached hydrogens (tertiary/aromatic N) is 2. The molecule has 0 unspecified atom stereocenters. The minimum Gasteiger partial charge on any atom is -0.338 e. The van der Waals surface area contributed by atoms with Crippen molar-refractivity contribution in [3.05, 3.63) is 83.4 Å². The second kappa shape index (κ2) is 6.69. The minimum atomic E-state index is -0.430. The van der Waals surface area contributed by atoms with Gasteiger partial charge in [0, 0.05) is 5.39 Å². The van der Waals surface area contributed by atoms with E-state index >= 15 is 0 Å². The highest BCUT2D eigenvalue weighted by molar-refractivity contribution is 6.33. The maximum Gasteiger partial charge on any atom is 0.165 e. The van der Waals surface area contributed by atoms with Crippen molar-refractivity contribution in [1.82, 2.24) is 9.97 Å². The third-order valence-corrected chi connectivity index (χ3v) is 4.21. The number of hydrogen-bond donors (Lipinski definition) is 1. The monoisotopic (exact) mass is 367 g/mol. The van der Waals surface area contributed by atoms with Crippen molar-refractivity contribution in [3.63, 3.8) is 0 Å². The van der Waals surface area contributed by atoms with Crippen LogP contribution in [0.25, 0.3) is 22.3 Å². The molecule has 0 aliphatic rings. The van der Waals surface area contributed by atoms with Crippen molar-refractivity contribution >= 4 is 34.0 Å². The number of hydrogen-bond acceptors (Lipinski definition) is 3. The van der Waals surface area contributed by atoms with Gasteiger partial charge in [-0.25, -0.2) is 18.7 Å². The summed E-state index contributed by atoms with van der Waals surface area (Å²) in [7, 11) is 0. The maximum absolute atomic E-state index is 14.2. The minimum absolute atomic E-state index is 0.222. The Hall–Kier alpha value is -3.05. The van der Waals surface area contributed by atoms with Crippen LogP contribution >= 0.6 is 11.6 Å². The number of rotatable bonds is 3. The van der Waals surface area contributed by atoms with Gasteiger partial charge in [0.2, 0.25) is 0 Å². The van der Waals surface area contributed by atoms with E-state index in [2.05, 4.69) is 15.3 Å². The molecule has 0 fully saturated rings. The lowest BCUT2D eigenvalue weighted by Crippen LogP contribution is -2.01. The maximum atomic E-state index is 14.2. The van der Waals surface area contributed by atoms with E-state index < -0.39 is 11.6 Å². The van der Waals surface area contributed by atoms with Crippen molar-refractivity contribution < 1.29 is 8.78 Å². The summed E-state index contributed by atoms with van der Waals surface area (Å²) in [4.78, 5) is 8.94. The highest BCUT2D eigenvalue weighted by atomic mass is 35.5. The first-order valence-corrected chi connectivity index (χ1v) is 8.23. The average molecular weight is 368 g/mol. The number of fused-ring (bicyclic) bond motifs is 1. The van der Waals surface area contributed by atoms with Crippen LogP contribution in [0.5, 0.6) is 0 Å². The van der Waals surface area contributed by atoms with E-state index in [4.69, 9.17) is 11.6 Å². The van der Waals surface area contributed by atoms with E-state index in [0.29, 0.717) is 22.6 Å². The molecule has 0 amide bonds. The van der Waals surface area contributed by atoms with Gasteiger partial charge in [-0.05, 0) is 42.5 Å². The Balaban J connectivity index is 1.89. The lowest BCUT2D eigenvalue weighted by molar-refractivity contribution is 0.628. The Morgan fingerprint density at radius 3 is 2.42 bits per heavy atom. The van der Waals surface area contributed by atoms with Crippen LogP contribution in [0.15, 0.2) is 66.7 Å². The Kier molecular flexibility index (Phi) is 4.22. The van der Waals surface area contributed by atoms with Crippen molar-refractivity contribution in [1.29, 1.82) is 0 Å². The van der Waals surface area contributed by atoms with Crippen LogP contribution in [0.4, 0.5) is 20.3 Å². The number of anilines is 2. The van der Waals surface area contributed by atoms with Crippen molar-refractivity contribution in [2.45, 2.75) is 0 Å². The van der Waals surface area contributed by atoms with Gasteiger partial charge in [-0.2, -0.15) is 0 Å². The molecule has 6 heteroatoms. The van der Waals surface area contributed by atoms with Crippen LogP contribution in [0, 0.1) is 11.6 Å². The highest BCUT2D eigenvalue weighted by Crippen LogP contribution is 2.31. The fourth-order valence-electron chi connectivity index (χ4n) is 2.65. The molecule has 0 aliphatic carbocycles. The Bertz CT molecular complexity index is 1120. The lowest BCUT2D eigenvalue weighted by atomic mass is 10.1. The predicted molar refractivity (Wildman–Crippen MR) is 99.6 cm³/mol. The normalized spacial score (nSPS) is 10.9. The average Bonchev–Trinajstić information content (AvgIpc) is 2.64. The molecule has 0 saturated carbocycles. The molecule has 1 aromatic heterocycles. The van der Waals surface area contributed by atoms with Crippen molar-refractivity contribution in [2.24, 2.45) is 0 Å². The Morgan fingerprint density at radius 1 is 0.846 bits per heavy atom. The van der Waals surface area contributed by atoms with Crippen LogP contribution in [-0.4, -0.2) is 9.97 Å². The summed E-state index contributed by atoms with van der Waals surface area (Å²) in [6.45, 7) is 0. The van der Waals surface area contributed by atoms with E-state index in [1.54, 1.807) is 18.2 Å². The largest absolute Gasteiger partial charge is 0.338 e. The van der Waals surface area contributed by atoms with Gasteiger partial charge >= 0.3 is 0 Å². The predicted octanol–water partition coefficient (Wildman–Crippen LogP) is 5.97. The van der Waals surface area contributed by atoms with Crippen molar-refractivity contribution in [3.8, 4) is 11.4 Å². The van der Waals surface area contributed by atoms with E-state index in [1.165, 1.54) is 24.3 Å². The molecule has 1 heterocycles. The smallest absolute Gasteiger partial charge is 0.165 e. The van der Waals surface area contributed by atoms with E-state index in [-0.39, 0.29) is 10.8 Å². The topological polar surface area (TPSA) is 37.8 Å². The third kappa shape index (κ3) is 3.09.